The zero-order valence-electron chi connectivity index (χ0n) is 16.6. The molecule has 2 aromatic rings. The van der Waals surface area contributed by atoms with Crippen molar-refractivity contribution in [3.63, 3.8) is 0 Å². The molecule has 27 heavy (non-hydrogen) atoms. The van der Waals surface area contributed by atoms with Gasteiger partial charge in [0.2, 0.25) is 0 Å². The molecule has 1 fully saturated rings. The Morgan fingerprint density at radius 3 is 2.33 bits per heavy atom. The van der Waals surface area contributed by atoms with Crippen molar-refractivity contribution in [3.05, 3.63) is 56.0 Å². The largest absolute Gasteiger partial charge is 0.507 e. The molecular weight excluding hydrogens is 340 g/mol. The first-order chi connectivity index (χ1) is 12.8. The minimum Gasteiger partial charge on any atom is -0.507 e. The first-order valence-corrected chi connectivity index (χ1v) is 9.62. The maximum Gasteiger partial charge on any atom is 0.199 e. The molecule has 0 saturated heterocycles. The topological polar surface area (TPSA) is 70.7 Å². The molecule has 0 unspecified atom stereocenters. The molecule has 3 rings (SSSR count). The van der Waals surface area contributed by atoms with Crippen molar-refractivity contribution in [3.8, 4) is 11.5 Å². The lowest BCUT2D eigenvalue weighted by Crippen LogP contribution is -2.10. The fourth-order valence-corrected chi connectivity index (χ4v) is 3.68. The number of fused-ring (bicyclic) bond motifs is 1. The van der Waals surface area contributed by atoms with E-state index >= 15 is 0 Å². The number of rotatable bonds is 4. The molecule has 0 atom stereocenters. The molecule has 144 valence electrons. The second-order valence-electron chi connectivity index (χ2n) is 7.73. The SMILES string of the molecule is CC(C)=CCc1c(O)c(CC=C2CCCC2)c2oc(C)c(C)c(=O)c2c1O. The Balaban J connectivity index is 2.28. The Kier molecular flexibility index (Phi) is 5.45. The molecule has 0 amide bonds. The van der Waals surface area contributed by atoms with Gasteiger partial charge in [0.15, 0.2) is 5.43 Å². The van der Waals surface area contributed by atoms with Crippen LogP contribution in [0.15, 0.2) is 32.5 Å². The van der Waals surface area contributed by atoms with E-state index in [1.165, 1.54) is 18.4 Å². The highest BCUT2D eigenvalue weighted by atomic mass is 16.3. The van der Waals surface area contributed by atoms with Gasteiger partial charge in [0.25, 0.3) is 0 Å². The van der Waals surface area contributed by atoms with Crippen molar-refractivity contribution in [2.24, 2.45) is 0 Å². The smallest absolute Gasteiger partial charge is 0.199 e. The van der Waals surface area contributed by atoms with Gasteiger partial charge < -0.3 is 14.6 Å². The summed E-state index contributed by atoms with van der Waals surface area (Å²) in [6.07, 6.45) is 9.51. The highest BCUT2D eigenvalue weighted by Crippen LogP contribution is 2.40. The van der Waals surface area contributed by atoms with Gasteiger partial charge in [0.1, 0.15) is 28.2 Å². The third-order valence-electron chi connectivity index (χ3n) is 5.50. The van der Waals surface area contributed by atoms with Crippen LogP contribution in [0.4, 0.5) is 0 Å². The van der Waals surface area contributed by atoms with Crippen LogP contribution in [0.1, 0.15) is 62.0 Å². The molecule has 1 aliphatic rings. The molecule has 0 spiro atoms. The number of aryl methyl sites for hydroxylation is 1. The van der Waals surface area contributed by atoms with Crippen LogP contribution >= 0.6 is 0 Å². The van der Waals surface area contributed by atoms with Crippen molar-refractivity contribution in [1.82, 2.24) is 0 Å². The Morgan fingerprint density at radius 2 is 1.70 bits per heavy atom. The number of hydrogen-bond acceptors (Lipinski definition) is 4. The molecule has 0 radical (unpaired) electrons. The fraction of sp³-hybridized carbons (Fsp3) is 0.435. The zero-order chi connectivity index (χ0) is 19.7. The van der Waals surface area contributed by atoms with Crippen LogP contribution in [0.3, 0.4) is 0 Å². The van der Waals surface area contributed by atoms with Crippen LogP contribution in [0.2, 0.25) is 0 Å². The number of aromatic hydroxyl groups is 2. The van der Waals surface area contributed by atoms with Gasteiger partial charge in [-0.2, -0.15) is 0 Å². The molecule has 1 aliphatic carbocycles. The van der Waals surface area contributed by atoms with Gasteiger partial charge in [-0.15, -0.1) is 0 Å². The standard InChI is InChI=1S/C23H28O4/c1-13(2)9-11-17-21(25)18(12-10-16-7-5-6-8-16)23-19(22(17)26)20(24)14(3)15(4)27-23/h9-10,25-26H,5-8,11-12H2,1-4H3. The molecule has 1 saturated carbocycles. The molecular formula is C23H28O4. The molecule has 4 nitrogen and oxygen atoms in total. The van der Waals surface area contributed by atoms with Crippen molar-refractivity contribution in [2.45, 2.75) is 66.2 Å². The summed E-state index contributed by atoms with van der Waals surface area (Å²) in [6.45, 7) is 7.36. The second kappa shape index (κ2) is 7.63. The maximum absolute atomic E-state index is 12.9. The number of hydrogen-bond donors (Lipinski definition) is 2. The summed E-state index contributed by atoms with van der Waals surface area (Å²) in [5.41, 5.74) is 3.98. The van der Waals surface area contributed by atoms with E-state index in [-0.39, 0.29) is 22.3 Å². The molecule has 0 aliphatic heterocycles. The average molecular weight is 368 g/mol. The third kappa shape index (κ3) is 3.66. The van der Waals surface area contributed by atoms with E-state index in [2.05, 4.69) is 6.08 Å². The summed E-state index contributed by atoms with van der Waals surface area (Å²) in [6, 6.07) is 0. The lowest BCUT2D eigenvalue weighted by atomic mass is 9.96. The third-order valence-corrected chi connectivity index (χ3v) is 5.50. The first kappa shape index (κ1) is 19.3. The Hall–Kier alpha value is -2.49. The number of benzene rings is 1. The minimum absolute atomic E-state index is 0.0266. The summed E-state index contributed by atoms with van der Waals surface area (Å²) in [5.74, 6) is 0.367. The van der Waals surface area contributed by atoms with Gasteiger partial charge in [-0.3, -0.25) is 4.79 Å². The van der Waals surface area contributed by atoms with Crippen LogP contribution in [0.5, 0.6) is 11.5 Å². The van der Waals surface area contributed by atoms with Crippen LogP contribution in [-0.4, -0.2) is 10.2 Å². The van der Waals surface area contributed by atoms with E-state index < -0.39 is 0 Å². The van der Waals surface area contributed by atoms with E-state index in [9.17, 15) is 15.0 Å². The van der Waals surface area contributed by atoms with E-state index in [4.69, 9.17) is 4.42 Å². The molecule has 0 bridgehead atoms. The normalized spacial score (nSPS) is 14.0. The Bertz CT molecular complexity index is 994. The molecule has 4 heteroatoms. The van der Waals surface area contributed by atoms with E-state index in [1.807, 2.05) is 19.9 Å². The van der Waals surface area contributed by atoms with E-state index in [0.29, 0.717) is 40.9 Å². The monoisotopic (exact) mass is 368 g/mol. The molecule has 2 N–H and O–H groups in total. The van der Waals surface area contributed by atoms with Crippen LogP contribution in [0.25, 0.3) is 11.0 Å². The predicted molar refractivity (Wildman–Crippen MR) is 109 cm³/mol. The van der Waals surface area contributed by atoms with E-state index in [1.54, 1.807) is 13.8 Å². The van der Waals surface area contributed by atoms with Crippen molar-refractivity contribution in [2.75, 3.05) is 0 Å². The fourth-order valence-electron chi connectivity index (χ4n) is 3.68. The summed E-state index contributed by atoms with van der Waals surface area (Å²) in [4.78, 5) is 12.9. The number of phenols is 2. The summed E-state index contributed by atoms with van der Waals surface area (Å²) in [5, 5.41) is 21.9. The minimum atomic E-state index is -0.237. The van der Waals surface area contributed by atoms with Crippen molar-refractivity contribution < 1.29 is 14.6 Å². The molecule has 1 aromatic heterocycles. The number of phenolic OH excluding ortho intramolecular Hbond substituents is 2. The highest BCUT2D eigenvalue weighted by Gasteiger charge is 2.23. The highest BCUT2D eigenvalue weighted by molar-refractivity contribution is 5.90. The first-order valence-electron chi connectivity index (χ1n) is 9.62. The number of allylic oxidation sites excluding steroid dienone is 4. The molecule has 1 heterocycles. The van der Waals surface area contributed by atoms with Gasteiger partial charge in [-0.05, 0) is 66.2 Å². The lowest BCUT2D eigenvalue weighted by molar-refractivity contribution is 0.437. The van der Waals surface area contributed by atoms with Gasteiger partial charge in [-0.25, -0.2) is 0 Å². The second-order valence-corrected chi connectivity index (χ2v) is 7.73. The van der Waals surface area contributed by atoms with Crippen molar-refractivity contribution in [1.29, 1.82) is 0 Å². The summed E-state index contributed by atoms with van der Waals surface area (Å²) in [7, 11) is 0. The van der Waals surface area contributed by atoms with Gasteiger partial charge in [-0.1, -0.05) is 23.3 Å². The Morgan fingerprint density at radius 1 is 1.04 bits per heavy atom. The average Bonchev–Trinajstić information content (AvgIpc) is 3.12. The van der Waals surface area contributed by atoms with Crippen LogP contribution < -0.4 is 5.43 Å². The van der Waals surface area contributed by atoms with Crippen LogP contribution in [-0.2, 0) is 12.8 Å². The zero-order valence-corrected chi connectivity index (χ0v) is 16.6. The van der Waals surface area contributed by atoms with Gasteiger partial charge in [0, 0.05) is 16.7 Å². The lowest BCUT2D eigenvalue weighted by Gasteiger charge is -2.15. The summed E-state index contributed by atoms with van der Waals surface area (Å²) < 4.78 is 5.90. The van der Waals surface area contributed by atoms with E-state index in [0.717, 1.165) is 18.4 Å². The van der Waals surface area contributed by atoms with Gasteiger partial charge >= 0.3 is 0 Å². The predicted octanol–water partition coefficient (Wildman–Crippen LogP) is 5.37. The summed E-state index contributed by atoms with van der Waals surface area (Å²) >= 11 is 0. The Labute approximate surface area is 159 Å². The van der Waals surface area contributed by atoms with Gasteiger partial charge in [0.05, 0.1) is 0 Å². The maximum atomic E-state index is 12.9. The quantitative estimate of drug-likeness (QED) is 0.712. The molecule has 1 aromatic carbocycles. The van der Waals surface area contributed by atoms with Crippen molar-refractivity contribution >= 4 is 11.0 Å². The van der Waals surface area contributed by atoms with Crippen LogP contribution in [0, 0.1) is 13.8 Å².